The van der Waals surface area contributed by atoms with E-state index in [0.29, 0.717) is 16.7 Å². The Balaban J connectivity index is 1.72. The van der Waals surface area contributed by atoms with Gasteiger partial charge in [0.2, 0.25) is 5.78 Å². The van der Waals surface area contributed by atoms with Crippen molar-refractivity contribution < 1.29 is 44.7 Å². The number of hydrogen-bond acceptors (Lipinski definition) is 9. The highest BCUT2D eigenvalue weighted by Crippen LogP contribution is 2.53. The molecule has 2 aromatic carbocycles. The van der Waals surface area contributed by atoms with E-state index in [-0.39, 0.29) is 29.5 Å². The highest BCUT2D eigenvalue weighted by atomic mass is 16.4. The van der Waals surface area contributed by atoms with Gasteiger partial charge < -0.3 is 31.3 Å². The molecule has 0 unspecified atom stereocenters. The Labute approximate surface area is 222 Å². The van der Waals surface area contributed by atoms with Crippen LogP contribution in [0.25, 0.3) is 11.1 Å². The number of phenols is 1. The third kappa shape index (κ3) is 3.57. The fraction of sp³-hybridized carbons (Fsp3) is 0.286. The molecule has 0 saturated carbocycles. The minimum atomic E-state index is -2.71. The summed E-state index contributed by atoms with van der Waals surface area (Å²) in [6.45, 7) is 0. The van der Waals surface area contributed by atoms with Crippen molar-refractivity contribution in [2.75, 3.05) is 14.1 Å². The van der Waals surface area contributed by atoms with Gasteiger partial charge in [-0.15, -0.1) is 0 Å². The summed E-state index contributed by atoms with van der Waals surface area (Å²) in [4.78, 5) is 52.2. The number of hydrogen-bond donors (Lipinski definition) is 6. The number of benzene rings is 2. The SMILES string of the molecule is CN(C)[C@@H]1C(O)=C(C(N)=O)C(=O)[C@@]2(O)C(O)=C3C(=O)c4c(O)ccc(-c5cccc(C(=O)O)c5)c4C[C@H]3C[C@H]12. The lowest BCUT2D eigenvalue weighted by Gasteiger charge is -2.50. The van der Waals surface area contributed by atoms with E-state index in [1.807, 2.05) is 0 Å². The minimum absolute atomic E-state index is 0.0273. The lowest BCUT2D eigenvalue weighted by atomic mass is 9.58. The second-order valence-electron chi connectivity index (χ2n) is 10.3. The monoisotopic (exact) mass is 534 g/mol. The number of aliphatic hydroxyl groups is 3. The maximum absolute atomic E-state index is 13.8. The van der Waals surface area contributed by atoms with Crippen LogP contribution in [0.4, 0.5) is 0 Å². The van der Waals surface area contributed by atoms with Crippen molar-refractivity contribution in [1.82, 2.24) is 4.90 Å². The molecular weight excluding hydrogens is 508 g/mol. The van der Waals surface area contributed by atoms with Gasteiger partial charge in [0.25, 0.3) is 5.91 Å². The van der Waals surface area contributed by atoms with Crippen LogP contribution in [0, 0.1) is 11.8 Å². The van der Waals surface area contributed by atoms with Gasteiger partial charge in [0, 0.05) is 11.5 Å². The third-order valence-corrected chi connectivity index (χ3v) is 8.03. The summed E-state index contributed by atoms with van der Waals surface area (Å²) < 4.78 is 0. The van der Waals surface area contributed by atoms with E-state index in [4.69, 9.17) is 5.73 Å². The van der Waals surface area contributed by atoms with Crippen LogP contribution in [0.1, 0.15) is 32.7 Å². The van der Waals surface area contributed by atoms with E-state index in [1.54, 1.807) is 32.3 Å². The topological polar surface area (TPSA) is 199 Å². The number of fused-ring (bicyclic) bond motifs is 3. The smallest absolute Gasteiger partial charge is 0.335 e. The average molecular weight is 535 g/mol. The molecular formula is C28H26N2O9. The fourth-order valence-corrected chi connectivity index (χ4v) is 6.34. The van der Waals surface area contributed by atoms with Crippen LogP contribution in [0.15, 0.2) is 59.1 Å². The van der Waals surface area contributed by atoms with Crippen LogP contribution in [0.3, 0.4) is 0 Å². The first-order chi connectivity index (χ1) is 18.3. The molecule has 11 nitrogen and oxygen atoms in total. The average Bonchev–Trinajstić information content (AvgIpc) is 2.86. The Morgan fingerprint density at radius 2 is 1.77 bits per heavy atom. The van der Waals surface area contributed by atoms with Crippen LogP contribution < -0.4 is 5.73 Å². The molecule has 0 heterocycles. The molecule has 0 bridgehead atoms. The van der Waals surface area contributed by atoms with Crippen molar-refractivity contribution >= 4 is 23.4 Å². The largest absolute Gasteiger partial charge is 0.510 e. The number of allylic oxidation sites excluding steroid dienone is 1. The van der Waals surface area contributed by atoms with Crippen LogP contribution in [0.2, 0.25) is 0 Å². The summed E-state index contributed by atoms with van der Waals surface area (Å²) in [5.41, 5.74) is 2.78. The molecule has 3 aliphatic carbocycles. The molecule has 7 N–H and O–H groups in total. The Kier molecular flexibility index (Phi) is 5.89. The first kappa shape index (κ1) is 26.1. The van der Waals surface area contributed by atoms with E-state index < -0.39 is 69.8 Å². The summed E-state index contributed by atoms with van der Waals surface area (Å²) >= 11 is 0. The van der Waals surface area contributed by atoms with Crippen molar-refractivity contribution in [3.8, 4) is 16.9 Å². The van der Waals surface area contributed by atoms with Crippen LogP contribution >= 0.6 is 0 Å². The van der Waals surface area contributed by atoms with Gasteiger partial charge in [-0.3, -0.25) is 19.3 Å². The number of primary amides is 1. The van der Waals surface area contributed by atoms with Gasteiger partial charge in [-0.25, -0.2) is 4.79 Å². The van der Waals surface area contributed by atoms with E-state index in [1.165, 1.54) is 23.1 Å². The molecule has 0 aromatic heterocycles. The highest BCUT2D eigenvalue weighted by Gasteiger charge is 2.63. The number of aromatic hydroxyl groups is 1. The molecule has 5 rings (SSSR count). The zero-order valence-electron chi connectivity index (χ0n) is 21.0. The number of carbonyl (C=O) groups excluding carboxylic acids is 3. The number of ketones is 2. The van der Waals surface area contributed by atoms with Gasteiger partial charge in [0.15, 0.2) is 11.4 Å². The second kappa shape index (κ2) is 8.79. The van der Waals surface area contributed by atoms with Crippen molar-refractivity contribution in [3.05, 3.63) is 75.8 Å². The molecule has 0 spiro atoms. The van der Waals surface area contributed by atoms with Crippen molar-refractivity contribution in [3.63, 3.8) is 0 Å². The first-order valence-corrected chi connectivity index (χ1v) is 12.1. The fourth-order valence-electron chi connectivity index (χ4n) is 6.34. The van der Waals surface area contributed by atoms with Crippen LogP contribution in [-0.2, 0) is 16.0 Å². The molecule has 3 aliphatic rings. The summed E-state index contributed by atoms with van der Waals surface area (Å²) in [5, 5.41) is 54.0. The normalized spacial score (nSPS) is 26.3. The number of amides is 1. The van der Waals surface area contributed by atoms with E-state index in [2.05, 4.69) is 0 Å². The lowest BCUT2D eigenvalue weighted by molar-refractivity contribution is -0.148. The summed E-state index contributed by atoms with van der Waals surface area (Å²) in [5.74, 6) is -8.40. The molecule has 0 aliphatic heterocycles. The molecule has 1 amide bonds. The van der Waals surface area contributed by atoms with Gasteiger partial charge in [-0.05, 0) is 67.7 Å². The Hall–Kier alpha value is -4.48. The van der Waals surface area contributed by atoms with Gasteiger partial charge in [0.1, 0.15) is 22.8 Å². The number of nitrogens with two attached hydrogens (primary N) is 1. The van der Waals surface area contributed by atoms with Crippen LogP contribution in [0.5, 0.6) is 5.75 Å². The first-order valence-electron chi connectivity index (χ1n) is 12.1. The molecule has 0 fully saturated rings. The molecule has 4 atom stereocenters. The Morgan fingerprint density at radius 1 is 1.08 bits per heavy atom. The van der Waals surface area contributed by atoms with Gasteiger partial charge in [0.05, 0.1) is 17.2 Å². The number of rotatable bonds is 4. The predicted molar refractivity (Wildman–Crippen MR) is 136 cm³/mol. The minimum Gasteiger partial charge on any atom is -0.510 e. The third-order valence-electron chi connectivity index (χ3n) is 8.03. The molecule has 0 radical (unpaired) electrons. The van der Waals surface area contributed by atoms with Gasteiger partial charge in [-0.1, -0.05) is 18.2 Å². The van der Waals surface area contributed by atoms with Gasteiger partial charge >= 0.3 is 5.97 Å². The quantitative estimate of drug-likeness (QED) is 0.312. The Morgan fingerprint density at radius 3 is 2.38 bits per heavy atom. The lowest BCUT2D eigenvalue weighted by Crippen LogP contribution is -2.63. The predicted octanol–water partition coefficient (Wildman–Crippen LogP) is 1.49. The molecule has 2 aromatic rings. The highest BCUT2D eigenvalue weighted by molar-refractivity contribution is 6.25. The van der Waals surface area contributed by atoms with Crippen molar-refractivity contribution in [1.29, 1.82) is 0 Å². The van der Waals surface area contributed by atoms with Gasteiger partial charge in [-0.2, -0.15) is 0 Å². The Bertz CT molecular complexity index is 1550. The van der Waals surface area contributed by atoms with E-state index >= 15 is 0 Å². The van der Waals surface area contributed by atoms with E-state index in [9.17, 15) is 44.7 Å². The number of carboxylic acid groups (broad SMARTS) is 1. The zero-order chi connectivity index (χ0) is 28.5. The molecule has 39 heavy (non-hydrogen) atoms. The number of aliphatic hydroxyl groups excluding tert-OH is 2. The maximum Gasteiger partial charge on any atom is 0.335 e. The summed E-state index contributed by atoms with van der Waals surface area (Å²) in [7, 11) is 3.11. The molecule has 202 valence electrons. The summed E-state index contributed by atoms with van der Waals surface area (Å²) in [6.07, 6.45) is 0.0472. The van der Waals surface area contributed by atoms with Crippen LogP contribution in [-0.4, -0.2) is 79.6 Å². The number of carbonyl (C=O) groups is 4. The van der Waals surface area contributed by atoms with E-state index in [0.717, 1.165) is 0 Å². The number of aromatic carboxylic acids is 1. The summed E-state index contributed by atoms with van der Waals surface area (Å²) in [6, 6.07) is 7.84. The second-order valence-corrected chi connectivity index (χ2v) is 10.3. The number of Topliss-reactive ketones (excluding diaryl/α,β-unsaturated/α-hetero) is 2. The number of phenolic OH excluding ortho intramolecular Hbond substituents is 1. The number of likely N-dealkylation sites (N-methyl/N-ethyl adjacent to an activating group) is 1. The van der Waals surface area contributed by atoms with Crippen molar-refractivity contribution in [2.45, 2.75) is 24.5 Å². The standard InChI is InChI=1S/C28H26N2O9/c1-30(2)21-16-10-13-9-15-14(11-4-3-5-12(8-11)27(37)38)6-7-17(31)19(15)22(32)18(13)24(34)28(16,39)25(35)20(23(21)33)26(29)36/h3-8,13,16,21,31,33-34,39H,9-10H2,1-2H3,(H2,29,36)(H,37,38)/t13-,16+,21-,28-/m0/s1. The molecule has 11 heteroatoms. The number of nitrogens with zero attached hydrogens (tertiary/aromatic N) is 1. The zero-order valence-corrected chi connectivity index (χ0v) is 21.0. The maximum atomic E-state index is 13.8. The number of carboxylic acids is 1. The molecule has 0 saturated heterocycles. The van der Waals surface area contributed by atoms with Crippen molar-refractivity contribution in [2.24, 2.45) is 17.6 Å².